The van der Waals surface area contributed by atoms with Crippen LogP contribution in [0.2, 0.25) is 0 Å². The van der Waals surface area contributed by atoms with Crippen molar-refractivity contribution in [2.45, 2.75) is 57.6 Å². The molecule has 1 saturated heterocycles. The van der Waals surface area contributed by atoms with Gasteiger partial charge in [0.2, 0.25) is 0 Å². The Bertz CT molecular complexity index is 1170. The Morgan fingerprint density at radius 2 is 2.00 bits per heavy atom. The standard InChI is InChI=1S/C23H26FN4O3.Na/c1-14-17(23(30)28-9-2-3-19(29)22(28)25-14)8-12-27-10-6-15(7-11-27)21-18-5-4-16(24)13-20(18)31-26-21;/h4-5,13,15,19H,2-3,6-12H2,1H3;/q-1;+1. The zero-order valence-corrected chi connectivity index (χ0v) is 20.6. The molecule has 0 radical (unpaired) electrons. The van der Waals surface area contributed by atoms with Gasteiger partial charge < -0.3 is 14.5 Å². The SMILES string of the molecule is Cc1nc2n(c(=O)c1CCN1CCC(c3noc4cc(F)ccc34)CC1)CCCC2[O-].[Na+]. The average Bonchev–Trinajstić information content (AvgIpc) is 3.18. The van der Waals surface area contributed by atoms with Crippen molar-refractivity contribution < 1.29 is 43.6 Å². The van der Waals surface area contributed by atoms with E-state index in [1.54, 1.807) is 10.6 Å². The van der Waals surface area contributed by atoms with Crippen LogP contribution in [0.1, 0.15) is 60.5 Å². The Balaban J connectivity index is 0.00000245. The maximum absolute atomic E-state index is 13.4. The van der Waals surface area contributed by atoms with Crippen molar-refractivity contribution in [2.24, 2.45) is 0 Å². The van der Waals surface area contributed by atoms with Crippen molar-refractivity contribution in [3.8, 4) is 0 Å². The molecule has 1 unspecified atom stereocenters. The van der Waals surface area contributed by atoms with E-state index in [0.29, 0.717) is 36.5 Å². The topological polar surface area (TPSA) is 87.2 Å². The van der Waals surface area contributed by atoms with Gasteiger partial charge in [-0.05, 0) is 57.8 Å². The molecule has 3 aromatic rings. The number of rotatable bonds is 4. The van der Waals surface area contributed by atoms with E-state index in [-0.39, 0.29) is 46.9 Å². The van der Waals surface area contributed by atoms with Crippen molar-refractivity contribution in [2.75, 3.05) is 19.6 Å². The van der Waals surface area contributed by atoms with Crippen molar-refractivity contribution in [3.05, 3.63) is 57.1 Å². The first kappa shape index (κ1) is 23.6. The van der Waals surface area contributed by atoms with E-state index in [1.165, 1.54) is 12.1 Å². The Hall–Kier alpha value is -1.58. The largest absolute Gasteiger partial charge is 1.00 e. The van der Waals surface area contributed by atoms with Crippen LogP contribution >= 0.6 is 0 Å². The average molecular weight is 448 g/mol. The first-order valence-electron chi connectivity index (χ1n) is 11.0. The number of piperidine rings is 1. The Morgan fingerprint density at radius 3 is 2.78 bits per heavy atom. The van der Waals surface area contributed by atoms with E-state index in [4.69, 9.17) is 4.52 Å². The van der Waals surface area contributed by atoms with Crippen LogP contribution in [0.5, 0.6) is 0 Å². The molecule has 4 heterocycles. The van der Waals surface area contributed by atoms with Crippen LogP contribution in [0.3, 0.4) is 0 Å². The number of halogens is 1. The molecule has 2 aliphatic rings. The number of hydrogen-bond acceptors (Lipinski definition) is 6. The molecule has 5 rings (SSSR count). The van der Waals surface area contributed by atoms with Gasteiger partial charge in [0, 0.05) is 41.7 Å². The third-order valence-corrected chi connectivity index (χ3v) is 6.75. The van der Waals surface area contributed by atoms with Gasteiger partial charge in [-0.15, -0.1) is 0 Å². The smallest absolute Gasteiger partial charge is 0.846 e. The Morgan fingerprint density at radius 1 is 1.22 bits per heavy atom. The van der Waals surface area contributed by atoms with Gasteiger partial charge in [0.25, 0.3) is 5.56 Å². The summed E-state index contributed by atoms with van der Waals surface area (Å²) in [6, 6.07) is 4.57. The van der Waals surface area contributed by atoms with Crippen LogP contribution in [-0.4, -0.2) is 39.2 Å². The number of benzene rings is 1. The fourth-order valence-electron chi connectivity index (χ4n) is 4.96. The second-order valence-electron chi connectivity index (χ2n) is 8.70. The molecular formula is C23H26FN4NaO3. The van der Waals surface area contributed by atoms with Crippen LogP contribution in [0.4, 0.5) is 4.39 Å². The van der Waals surface area contributed by atoms with Crippen LogP contribution < -0.4 is 40.2 Å². The molecular weight excluding hydrogens is 422 g/mol. The van der Waals surface area contributed by atoms with E-state index in [9.17, 15) is 14.3 Å². The van der Waals surface area contributed by atoms with E-state index in [2.05, 4.69) is 15.0 Å². The number of fused-ring (bicyclic) bond motifs is 2. The molecule has 9 heteroatoms. The zero-order valence-electron chi connectivity index (χ0n) is 18.6. The van der Waals surface area contributed by atoms with E-state index >= 15 is 0 Å². The van der Waals surface area contributed by atoms with E-state index in [0.717, 1.165) is 55.5 Å². The number of nitrogens with zero attached hydrogens (tertiary/aromatic N) is 4. The molecule has 1 aromatic carbocycles. The van der Waals surface area contributed by atoms with Gasteiger partial charge in [0.05, 0.1) is 11.5 Å². The Labute approximate surface area is 207 Å². The summed E-state index contributed by atoms with van der Waals surface area (Å²) in [5.74, 6) is 0.367. The molecule has 0 spiro atoms. The van der Waals surface area contributed by atoms with Crippen LogP contribution in [0.15, 0.2) is 27.5 Å². The van der Waals surface area contributed by atoms with E-state index < -0.39 is 6.10 Å². The molecule has 164 valence electrons. The fourth-order valence-corrected chi connectivity index (χ4v) is 4.96. The predicted octanol–water partition coefficient (Wildman–Crippen LogP) is -0.547. The molecule has 0 bridgehead atoms. The van der Waals surface area contributed by atoms with Crippen LogP contribution in [0, 0.1) is 12.7 Å². The van der Waals surface area contributed by atoms with Crippen molar-refractivity contribution in [1.82, 2.24) is 19.6 Å². The van der Waals surface area contributed by atoms with Gasteiger partial charge in [-0.2, -0.15) is 0 Å². The first-order valence-corrected chi connectivity index (χ1v) is 11.0. The number of hydrogen-bond donors (Lipinski definition) is 0. The second-order valence-corrected chi connectivity index (χ2v) is 8.70. The molecule has 0 saturated carbocycles. The van der Waals surface area contributed by atoms with Gasteiger partial charge >= 0.3 is 29.6 Å². The Kier molecular flexibility index (Phi) is 7.17. The number of aryl methyl sites for hydroxylation is 1. The summed E-state index contributed by atoms with van der Waals surface area (Å²) in [7, 11) is 0. The monoisotopic (exact) mass is 448 g/mol. The van der Waals surface area contributed by atoms with Crippen LogP contribution in [-0.2, 0) is 13.0 Å². The summed E-state index contributed by atoms with van der Waals surface area (Å²) in [4.78, 5) is 19.8. The number of aromatic nitrogens is 3. The van der Waals surface area contributed by atoms with Gasteiger partial charge in [-0.1, -0.05) is 17.7 Å². The fraction of sp³-hybridized carbons (Fsp3) is 0.522. The third-order valence-electron chi connectivity index (χ3n) is 6.75. The second kappa shape index (κ2) is 9.73. The maximum atomic E-state index is 13.4. The summed E-state index contributed by atoms with van der Waals surface area (Å²) < 4.78 is 20.3. The maximum Gasteiger partial charge on any atom is 1.00 e. The van der Waals surface area contributed by atoms with Crippen molar-refractivity contribution in [1.29, 1.82) is 0 Å². The minimum absolute atomic E-state index is 0. The van der Waals surface area contributed by atoms with Crippen LogP contribution in [0.25, 0.3) is 11.0 Å². The predicted molar refractivity (Wildman–Crippen MR) is 111 cm³/mol. The summed E-state index contributed by atoms with van der Waals surface area (Å²) in [6.45, 7) is 5.02. The molecule has 0 amide bonds. The quantitative estimate of drug-likeness (QED) is 0.498. The van der Waals surface area contributed by atoms with Gasteiger partial charge in [-0.3, -0.25) is 9.36 Å². The summed E-state index contributed by atoms with van der Waals surface area (Å²) in [5, 5.41) is 17.3. The number of likely N-dealkylation sites (tertiary alicyclic amines) is 1. The molecule has 0 aliphatic carbocycles. The minimum atomic E-state index is -0.891. The van der Waals surface area contributed by atoms with E-state index in [1.807, 2.05) is 6.92 Å². The zero-order chi connectivity index (χ0) is 21.5. The molecule has 1 fully saturated rings. The summed E-state index contributed by atoms with van der Waals surface area (Å²) in [6.07, 6.45) is 2.92. The molecule has 32 heavy (non-hydrogen) atoms. The van der Waals surface area contributed by atoms with Gasteiger partial charge in [0.15, 0.2) is 5.58 Å². The van der Waals surface area contributed by atoms with Gasteiger partial charge in [-0.25, -0.2) is 9.37 Å². The third kappa shape index (κ3) is 4.43. The molecule has 0 N–H and O–H groups in total. The normalized spacial score (nSPS) is 19.7. The van der Waals surface area contributed by atoms with Gasteiger partial charge in [0.1, 0.15) is 5.82 Å². The molecule has 1 atom stereocenters. The molecule has 7 nitrogen and oxygen atoms in total. The summed E-state index contributed by atoms with van der Waals surface area (Å²) >= 11 is 0. The molecule has 2 aliphatic heterocycles. The minimum Gasteiger partial charge on any atom is -0.846 e. The first-order chi connectivity index (χ1) is 15.0. The van der Waals surface area contributed by atoms with Crippen molar-refractivity contribution >= 4 is 11.0 Å². The van der Waals surface area contributed by atoms with Crippen molar-refractivity contribution in [3.63, 3.8) is 0 Å². The summed E-state index contributed by atoms with van der Waals surface area (Å²) in [5.41, 5.74) is 2.78. The molecule has 2 aromatic heterocycles.